The molecular formula is C12H13FN4O. The van der Waals surface area contributed by atoms with E-state index in [0.29, 0.717) is 23.9 Å². The number of anilines is 1. The number of nitrogens with one attached hydrogen (secondary N) is 1. The minimum absolute atomic E-state index is 0.246. The highest BCUT2D eigenvalue weighted by molar-refractivity contribution is 5.56. The van der Waals surface area contributed by atoms with E-state index in [9.17, 15) is 4.39 Å². The molecule has 6 heteroatoms. The fraction of sp³-hybridized carbons (Fsp3) is 0.250. The van der Waals surface area contributed by atoms with Gasteiger partial charge in [-0.1, -0.05) is 0 Å². The maximum atomic E-state index is 12.9. The summed E-state index contributed by atoms with van der Waals surface area (Å²) in [6.45, 7) is 2.32. The Kier molecular flexibility index (Phi) is 3.66. The van der Waals surface area contributed by atoms with Gasteiger partial charge in [-0.05, 0) is 31.2 Å². The third kappa shape index (κ3) is 2.71. The summed E-state index contributed by atoms with van der Waals surface area (Å²) in [6, 6.07) is 6.19. The molecule has 5 nitrogen and oxygen atoms in total. The molecule has 1 heterocycles. The number of ether oxygens (including phenoxy) is 1. The largest absolute Gasteiger partial charge is 0.464 e. The van der Waals surface area contributed by atoms with Crippen molar-refractivity contribution in [1.82, 2.24) is 15.0 Å². The van der Waals surface area contributed by atoms with Crippen LogP contribution in [0.2, 0.25) is 0 Å². The van der Waals surface area contributed by atoms with Crippen LogP contribution in [0.4, 0.5) is 10.3 Å². The zero-order valence-electron chi connectivity index (χ0n) is 10.1. The highest BCUT2D eigenvalue weighted by Crippen LogP contribution is 2.18. The highest BCUT2D eigenvalue weighted by atomic mass is 19.1. The Bertz CT molecular complexity index is 530. The van der Waals surface area contributed by atoms with Crippen molar-refractivity contribution < 1.29 is 9.13 Å². The van der Waals surface area contributed by atoms with E-state index in [1.807, 2.05) is 6.92 Å². The maximum absolute atomic E-state index is 12.9. The number of aromatic nitrogens is 3. The quantitative estimate of drug-likeness (QED) is 0.898. The summed E-state index contributed by atoms with van der Waals surface area (Å²) in [4.78, 5) is 12.4. The van der Waals surface area contributed by atoms with Gasteiger partial charge in [-0.15, -0.1) is 0 Å². The zero-order valence-corrected chi connectivity index (χ0v) is 10.1. The van der Waals surface area contributed by atoms with Crippen molar-refractivity contribution in [1.29, 1.82) is 0 Å². The molecule has 2 rings (SSSR count). The van der Waals surface area contributed by atoms with Crippen LogP contribution < -0.4 is 10.1 Å². The summed E-state index contributed by atoms with van der Waals surface area (Å²) < 4.78 is 18.1. The molecule has 0 bridgehead atoms. The number of hydrogen-bond donors (Lipinski definition) is 1. The zero-order chi connectivity index (χ0) is 13.0. The Labute approximate surface area is 104 Å². The van der Waals surface area contributed by atoms with E-state index in [2.05, 4.69) is 20.3 Å². The third-order valence-corrected chi connectivity index (χ3v) is 2.21. The molecule has 0 aliphatic heterocycles. The predicted molar refractivity (Wildman–Crippen MR) is 65.9 cm³/mol. The van der Waals surface area contributed by atoms with Crippen LogP contribution in [0, 0.1) is 5.82 Å². The molecule has 0 unspecified atom stereocenters. The Balaban J connectivity index is 2.42. The van der Waals surface area contributed by atoms with Crippen molar-refractivity contribution in [3.63, 3.8) is 0 Å². The lowest BCUT2D eigenvalue weighted by Gasteiger charge is -2.06. The summed E-state index contributed by atoms with van der Waals surface area (Å²) in [7, 11) is 1.71. The number of hydrogen-bond acceptors (Lipinski definition) is 5. The second-order valence-corrected chi connectivity index (χ2v) is 3.46. The standard InChI is InChI=1S/C12H13FN4O/c1-3-18-12-16-10(15-11(14-2)17-12)8-4-6-9(13)7-5-8/h4-7H,3H2,1-2H3,(H,14,15,16,17). The summed E-state index contributed by atoms with van der Waals surface area (Å²) in [5.74, 6) is 0.553. The van der Waals surface area contributed by atoms with Crippen LogP contribution in [0.25, 0.3) is 11.4 Å². The van der Waals surface area contributed by atoms with Gasteiger partial charge in [0, 0.05) is 12.6 Å². The molecule has 0 fully saturated rings. The Hall–Kier alpha value is -2.24. The second-order valence-electron chi connectivity index (χ2n) is 3.46. The summed E-state index contributed by atoms with van der Waals surface area (Å²) in [5.41, 5.74) is 0.705. The van der Waals surface area contributed by atoms with Gasteiger partial charge in [-0.2, -0.15) is 15.0 Å². The molecule has 0 atom stereocenters. The number of benzene rings is 1. The Morgan fingerprint density at radius 3 is 2.50 bits per heavy atom. The average Bonchev–Trinajstić information content (AvgIpc) is 2.39. The van der Waals surface area contributed by atoms with E-state index in [-0.39, 0.29) is 11.8 Å². The molecule has 1 aromatic heterocycles. The van der Waals surface area contributed by atoms with Gasteiger partial charge in [0.1, 0.15) is 5.82 Å². The molecule has 2 aromatic rings. The van der Waals surface area contributed by atoms with Crippen molar-refractivity contribution in [2.75, 3.05) is 19.0 Å². The SMILES string of the molecule is CCOc1nc(NC)nc(-c2ccc(F)cc2)n1. The lowest BCUT2D eigenvalue weighted by molar-refractivity contribution is 0.312. The van der Waals surface area contributed by atoms with Gasteiger partial charge in [-0.25, -0.2) is 4.39 Å². The minimum Gasteiger partial charge on any atom is -0.464 e. The van der Waals surface area contributed by atoms with E-state index in [4.69, 9.17) is 4.74 Å². The molecule has 94 valence electrons. The first-order valence-electron chi connectivity index (χ1n) is 5.55. The number of rotatable bonds is 4. The third-order valence-electron chi connectivity index (χ3n) is 2.21. The van der Waals surface area contributed by atoms with Crippen LogP contribution in [0.15, 0.2) is 24.3 Å². The van der Waals surface area contributed by atoms with Crippen LogP contribution in [0.3, 0.4) is 0 Å². The molecule has 0 aliphatic rings. The first-order valence-corrected chi connectivity index (χ1v) is 5.55. The Morgan fingerprint density at radius 1 is 1.17 bits per heavy atom. The number of halogens is 1. The lowest BCUT2D eigenvalue weighted by Crippen LogP contribution is -2.05. The molecule has 0 amide bonds. The summed E-state index contributed by atoms with van der Waals surface area (Å²) in [5, 5.41) is 2.83. The minimum atomic E-state index is -0.299. The molecule has 18 heavy (non-hydrogen) atoms. The van der Waals surface area contributed by atoms with Crippen LogP contribution in [-0.4, -0.2) is 28.6 Å². The van der Waals surface area contributed by atoms with Crippen molar-refractivity contribution in [3.8, 4) is 17.4 Å². The van der Waals surface area contributed by atoms with E-state index >= 15 is 0 Å². The molecule has 0 aliphatic carbocycles. The van der Waals surface area contributed by atoms with Crippen molar-refractivity contribution >= 4 is 5.95 Å². The summed E-state index contributed by atoms with van der Waals surface area (Å²) >= 11 is 0. The molecular weight excluding hydrogens is 235 g/mol. The van der Waals surface area contributed by atoms with Crippen molar-refractivity contribution in [3.05, 3.63) is 30.1 Å². The normalized spacial score (nSPS) is 10.2. The smallest absolute Gasteiger partial charge is 0.321 e. The van der Waals surface area contributed by atoms with Gasteiger partial charge < -0.3 is 10.1 Å². The van der Waals surface area contributed by atoms with E-state index in [1.165, 1.54) is 12.1 Å². The van der Waals surface area contributed by atoms with Crippen molar-refractivity contribution in [2.45, 2.75) is 6.92 Å². The maximum Gasteiger partial charge on any atom is 0.321 e. The first kappa shape index (κ1) is 12.2. The van der Waals surface area contributed by atoms with E-state index in [0.717, 1.165) is 0 Å². The molecule has 1 aromatic carbocycles. The fourth-order valence-corrected chi connectivity index (χ4v) is 1.39. The fourth-order valence-electron chi connectivity index (χ4n) is 1.39. The van der Waals surface area contributed by atoms with Crippen LogP contribution in [-0.2, 0) is 0 Å². The average molecular weight is 248 g/mol. The Morgan fingerprint density at radius 2 is 1.89 bits per heavy atom. The van der Waals surface area contributed by atoms with Gasteiger partial charge in [0.25, 0.3) is 0 Å². The first-order chi connectivity index (χ1) is 8.72. The van der Waals surface area contributed by atoms with Crippen molar-refractivity contribution in [2.24, 2.45) is 0 Å². The van der Waals surface area contributed by atoms with Gasteiger partial charge in [0.2, 0.25) is 5.95 Å². The van der Waals surface area contributed by atoms with Gasteiger partial charge in [0.05, 0.1) is 6.61 Å². The van der Waals surface area contributed by atoms with Crippen LogP contribution >= 0.6 is 0 Å². The topological polar surface area (TPSA) is 59.9 Å². The van der Waals surface area contributed by atoms with E-state index in [1.54, 1.807) is 19.2 Å². The molecule has 1 N–H and O–H groups in total. The van der Waals surface area contributed by atoms with Gasteiger partial charge in [0.15, 0.2) is 5.82 Å². The van der Waals surface area contributed by atoms with Crippen LogP contribution in [0.5, 0.6) is 6.01 Å². The predicted octanol–water partition coefficient (Wildman–Crippen LogP) is 2.12. The molecule has 0 radical (unpaired) electrons. The molecule has 0 saturated carbocycles. The van der Waals surface area contributed by atoms with E-state index < -0.39 is 0 Å². The van der Waals surface area contributed by atoms with Gasteiger partial charge in [-0.3, -0.25) is 0 Å². The van der Waals surface area contributed by atoms with Gasteiger partial charge >= 0.3 is 6.01 Å². The summed E-state index contributed by atoms with van der Waals surface area (Å²) in [6.07, 6.45) is 0. The number of nitrogens with zero attached hydrogens (tertiary/aromatic N) is 3. The molecule has 0 spiro atoms. The lowest BCUT2D eigenvalue weighted by atomic mass is 10.2. The molecule has 0 saturated heterocycles. The van der Waals surface area contributed by atoms with Crippen LogP contribution in [0.1, 0.15) is 6.92 Å². The second kappa shape index (κ2) is 5.39. The highest BCUT2D eigenvalue weighted by Gasteiger charge is 2.08. The monoisotopic (exact) mass is 248 g/mol.